The Balaban J connectivity index is 1.50. The number of fused-ring (bicyclic) bond motifs is 3. The van der Waals surface area contributed by atoms with Crippen LogP contribution in [-0.4, -0.2) is 28.5 Å². The van der Waals surface area contributed by atoms with Crippen molar-refractivity contribution in [3.8, 4) is 5.75 Å². The molecule has 6 rings (SSSR count). The van der Waals surface area contributed by atoms with Crippen LogP contribution < -0.4 is 4.90 Å². The summed E-state index contributed by atoms with van der Waals surface area (Å²) in [5.74, 6) is -3.27. The van der Waals surface area contributed by atoms with Crippen LogP contribution in [0.4, 0.5) is 5.69 Å². The lowest BCUT2D eigenvalue weighted by Crippen LogP contribution is -2.39. The van der Waals surface area contributed by atoms with Crippen LogP contribution in [0.2, 0.25) is 5.02 Å². The van der Waals surface area contributed by atoms with Crippen LogP contribution in [0.3, 0.4) is 0 Å². The maximum absolute atomic E-state index is 13.8. The van der Waals surface area contributed by atoms with E-state index in [1.807, 2.05) is 18.2 Å². The van der Waals surface area contributed by atoms with Crippen molar-refractivity contribution >= 4 is 63.3 Å². The number of halogens is 2. The Morgan fingerprint density at radius 2 is 1.73 bits per heavy atom. The minimum Gasteiger partial charge on any atom is -0.508 e. The first-order valence-corrected chi connectivity index (χ1v) is 13.4. The molecule has 0 spiro atoms. The second-order valence-electron chi connectivity index (χ2n) is 9.92. The van der Waals surface area contributed by atoms with E-state index in [2.05, 4.69) is 22.6 Å². The predicted octanol–water partition coefficient (Wildman–Crippen LogP) is 5.28. The number of carbonyl (C=O) groups excluding carboxylic acids is 4. The molecule has 3 aliphatic carbocycles. The van der Waals surface area contributed by atoms with Gasteiger partial charge < -0.3 is 5.11 Å². The molecule has 8 heteroatoms. The van der Waals surface area contributed by atoms with Crippen molar-refractivity contribution in [2.75, 3.05) is 4.90 Å². The number of phenolic OH excluding ortho intramolecular Hbond substituents is 1. The van der Waals surface area contributed by atoms with Gasteiger partial charge in [0.15, 0.2) is 11.6 Å². The van der Waals surface area contributed by atoms with Crippen LogP contribution in [-0.2, 0) is 19.2 Å². The van der Waals surface area contributed by atoms with Crippen LogP contribution in [0, 0.1) is 21.3 Å². The van der Waals surface area contributed by atoms with Crippen molar-refractivity contribution in [1.82, 2.24) is 0 Å². The number of amides is 2. The quantitative estimate of drug-likeness (QED) is 0.212. The molecule has 0 unspecified atom stereocenters. The van der Waals surface area contributed by atoms with E-state index in [1.165, 1.54) is 23.1 Å². The van der Waals surface area contributed by atoms with Crippen LogP contribution in [0.15, 0.2) is 76.9 Å². The minimum absolute atomic E-state index is 0.0140. The third kappa shape index (κ3) is 3.66. The second-order valence-corrected chi connectivity index (χ2v) is 11.6. The molecule has 0 radical (unpaired) electrons. The number of benzene rings is 2. The predicted molar refractivity (Wildman–Crippen MR) is 146 cm³/mol. The van der Waals surface area contributed by atoms with Gasteiger partial charge in [-0.2, -0.15) is 0 Å². The van der Waals surface area contributed by atoms with Crippen LogP contribution in [0.5, 0.6) is 5.75 Å². The first-order valence-electron chi connectivity index (χ1n) is 12.0. The summed E-state index contributed by atoms with van der Waals surface area (Å²) in [4.78, 5) is 55.2. The highest BCUT2D eigenvalue weighted by atomic mass is 127. The summed E-state index contributed by atoms with van der Waals surface area (Å²) in [5, 5.41) is 10.2. The minimum atomic E-state index is -0.644. The van der Waals surface area contributed by atoms with E-state index in [4.69, 9.17) is 11.6 Å². The van der Waals surface area contributed by atoms with Crippen molar-refractivity contribution in [3.63, 3.8) is 0 Å². The Morgan fingerprint density at radius 1 is 1.00 bits per heavy atom. The summed E-state index contributed by atoms with van der Waals surface area (Å²) < 4.78 is 0.992. The molecular weight excluding hydrogens is 605 g/mol. The fourth-order valence-electron chi connectivity index (χ4n) is 6.31. The number of phenols is 1. The molecule has 1 N–H and O–H groups in total. The van der Waals surface area contributed by atoms with Gasteiger partial charge >= 0.3 is 0 Å². The highest BCUT2D eigenvalue weighted by Crippen LogP contribution is 2.56. The molecule has 1 saturated heterocycles. The number of aromatic hydroxyl groups is 1. The molecule has 1 heterocycles. The molecule has 37 heavy (non-hydrogen) atoms. The van der Waals surface area contributed by atoms with Crippen molar-refractivity contribution < 1.29 is 24.3 Å². The number of hydrogen-bond acceptors (Lipinski definition) is 5. The number of nitrogens with zero attached hydrogens (tertiary/aromatic N) is 1. The Kier molecular flexibility index (Phi) is 5.76. The summed E-state index contributed by atoms with van der Waals surface area (Å²) in [5.41, 5.74) is 3.05. The van der Waals surface area contributed by atoms with Gasteiger partial charge in [0.1, 0.15) is 5.75 Å². The molecule has 4 aliphatic rings. The number of carbonyl (C=O) groups is 4. The zero-order valence-corrected chi connectivity index (χ0v) is 22.6. The molecule has 186 valence electrons. The van der Waals surface area contributed by atoms with Crippen molar-refractivity contribution in [3.05, 3.63) is 91.1 Å². The summed E-state index contributed by atoms with van der Waals surface area (Å²) in [6.45, 7) is 1.62. The van der Waals surface area contributed by atoms with Crippen LogP contribution in [0.25, 0.3) is 0 Å². The lowest BCUT2D eigenvalue weighted by atomic mass is 9.59. The number of ketones is 2. The van der Waals surface area contributed by atoms with Crippen molar-refractivity contribution in [1.29, 1.82) is 0 Å². The fourth-order valence-corrected chi connectivity index (χ4v) is 6.95. The van der Waals surface area contributed by atoms with Crippen molar-refractivity contribution in [2.24, 2.45) is 17.8 Å². The fraction of sp³-hybridized carbons (Fsp3) is 0.241. The zero-order chi connectivity index (χ0) is 26.2. The van der Waals surface area contributed by atoms with Crippen LogP contribution in [0.1, 0.15) is 31.2 Å². The highest BCUT2D eigenvalue weighted by Gasteiger charge is 2.56. The third-order valence-electron chi connectivity index (χ3n) is 7.94. The molecule has 2 aromatic rings. The average molecular weight is 626 g/mol. The van der Waals surface area contributed by atoms with E-state index in [1.54, 1.807) is 25.1 Å². The van der Waals surface area contributed by atoms with Gasteiger partial charge in [0.25, 0.3) is 0 Å². The summed E-state index contributed by atoms with van der Waals surface area (Å²) in [6.07, 6.45) is 3.87. The van der Waals surface area contributed by atoms with E-state index in [-0.39, 0.29) is 40.6 Å². The van der Waals surface area contributed by atoms with E-state index >= 15 is 0 Å². The molecule has 1 fully saturated rings. The molecule has 1 aliphatic heterocycles. The Bertz CT molecular complexity index is 1520. The maximum Gasteiger partial charge on any atom is 0.238 e. The molecule has 0 saturated carbocycles. The Morgan fingerprint density at radius 3 is 2.43 bits per heavy atom. The Hall–Kier alpha value is -3.04. The standard InChI is InChI=1S/C29H21ClINO5/c1-13-10-23(34)21-12-20-17(24(26(21)27(13)35)18-7-6-16(33)11-22(18)30)8-9-19-25(20)29(37)32(28(19)36)15-4-2-14(31)3-5-15/h2-8,10-11,19-20,24-25,33H,9,12H2,1H3/t19-,20+,24+,25-/m0/s1. The van der Waals surface area contributed by atoms with Gasteiger partial charge in [0.2, 0.25) is 11.8 Å². The van der Waals surface area contributed by atoms with Gasteiger partial charge in [-0.1, -0.05) is 29.3 Å². The third-order valence-corrected chi connectivity index (χ3v) is 8.99. The largest absolute Gasteiger partial charge is 0.508 e. The lowest BCUT2D eigenvalue weighted by Gasteiger charge is -2.42. The van der Waals surface area contributed by atoms with Gasteiger partial charge in [-0.05, 0) is 96.3 Å². The molecule has 2 aromatic carbocycles. The molecule has 0 aromatic heterocycles. The van der Waals surface area contributed by atoms with Gasteiger partial charge in [-0.15, -0.1) is 0 Å². The average Bonchev–Trinajstić information content (AvgIpc) is 3.12. The van der Waals surface area contributed by atoms with Gasteiger partial charge in [0.05, 0.1) is 17.5 Å². The van der Waals surface area contributed by atoms with E-state index in [9.17, 15) is 24.3 Å². The Labute approximate surface area is 231 Å². The number of Topliss-reactive ketones (excluding diaryl/α,β-unsaturated/α-hetero) is 1. The number of hydrogen-bond donors (Lipinski definition) is 1. The van der Waals surface area contributed by atoms with Gasteiger partial charge in [-0.25, -0.2) is 0 Å². The van der Waals surface area contributed by atoms with Crippen LogP contribution >= 0.6 is 34.2 Å². The molecule has 0 bridgehead atoms. The maximum atomic E-state index is 13.8. The van der Waals surface area contributed by atoms with E-state index < -0.39 is 23.7 Å². The summed E-state index contributed by atoms with van der Waals surface area (Å²) in [7, 11) is 0. The highest BCUT2D eigenvalue weighted by molar-refractivity contribution is 14.1. The monoisotopic (exact) mass is 625 g/mol. The van der Waals surface area contributed by atoms with E-state index in [0.29, 0.717) is 34.4 Å². The number of rotatable bonds is 2. The second kappa shape index (κ2) is 8.77. The first-order chi connectivity index (χ1) is 17.7. The smallest absolute Gasteiger partial charge is 0.238 e. The van der Waals surface area contributed by atoms with Crippen molar-refractivity contribution in [2.45, 2.75) is 25.7 Å². The molecule has 2 amide bonds. The number of imide groups is 1. The van der Waals surface area contributed by atoms with Gasteiger partial charge in [0, 0.05) is 31.2 Å². The van der Waals surface area contributed by atoms with E-state index in [0.717, 1.165) is 9.14 Å². The normalized spacial score (nSPS) is 27.1. The molecule has 6 nitrogen and oxygen atoms in total. The summed E-state index contributed by atoms with van der Waals surface area (Å²) in [6, 6.07) is 11.8. The first kappa shape index (κ1) is 24.3. The molecule has 4 atom stereocenters. The van der Waals surface area contributed by atoms with Gasteiger partial charge in [-0.3, -0.25) is 24.1 Å². The number of allylic oxidation sites excluding steroid dienone is 6. The SMILES string of the molecule is CC1=CC(=O)C2=C(C1=O)[C@@H](c1ccc(O)cc1Cl)C1=CC[C@@H]3C(=O)N(c4ccc(I)cc4)C(=O)[C@@H]3[C@@H]1C2. The topological polar surface area (TPSA) is 91.8 Å². The zero-order valence-electron chi connectivity index (χ0n) is 19.7. The number of anilines is 1. The summed E-state index contributed by atoms with van der Waals surface area (Å²) >= 11 is 8.74. The molecular formula is C29H21ClINO5. The lowest BCUT2D eigenvalue weighted by molar-refractivity contribution is -0.123.